The minimum atomic E-state index is -4.38. The van der Waals surface area contributed by atoms with Gasteiger partial charge in [-0.05, 0) is 0 Å². The highest BCUT2D eigenvalue weighted by atomic mass is 31.2. The molecule has 25 heavy (non-hydrogen) atoms. The summed E-state index contributed by atoms with van der Waals surface area (Å²) in [5.74, 6) is -0.271. The number of fused-ring (bicyclic) bond motifs is 1. The number of nitrogens with two attached hydrogens (primary N) is 2. The summed E-state index contributed by atoms with van der Waals surface area (Å²) in [6.07, 6.45) is 2.08. The molecule has 0 spiro atoms. The average Bonchev–Trinajstić information content (AvgIpc) is 2.93. The molecule has 0 saturated carbocycles. The van der Waals surface area contributed by atoms with Crippen molar-refractivity contribution in [3.05, 3.63) is 39.4 Å². The molecule has 0 amide bonds. The van der Waals surface area contributed by atoms with Gasteiger partial charge in [-0.15, -0.1) is 9.46 Å². The van der Waals surface area contributed by atoms with E-state index in [-0.39, 0.29) is 22.9 Å². The zero-order valence-electron chi connectivity index (χ0n) is 12.5. The van der Waals surface area contributed by atoms with Crippen LogP contribution in [0.5, 0.6) is 0 Å². The first kappa shape index (κ1) is 16.5. The second-order valence-corrected chi connectivity index (χ2v) is 6.03. The minimum Gasteiger partial charge on any atom is -0.383 e. The fourth-order valence-corrected chi connectivity index (χ4v) is 2.57. The Kier molecular flexibility index (Phi) is 3.90. The third kappa shape index (κ3) is 3.15. The molecule has 0 fully saturated rings. The van der Waals surface area contributed by atoms with Crippen LogP contribution < -0.4 is 32.0 Å². The number of H-pyrrole nitrogens is 1. The van der Waals surface area contributed by atoms with Crippen LogP contribution in [-0.4, -0.2) is 36.5 Å². The topological polar surface area (TPSA) is 195 Å². The maximum atomic E-state index is 12.6. The summed E-state index contributed by atoms with van der Waals surface area (Å²) < 4.78 is 28.6. The number of imidazole rings is 1. The number of phosphoric acid groups is 1. The maximum Gasteiger partial charge on any atom is 0.626 e. The van der Waals surface area contributed by atoms with E-state index in [1.165, 1.54) is 6.07 Å². The first-order valence-electron chi connectivity index (χ1n) is 6.45. The van der Waals surface area contributed by atoms with Crippen LogP contribution in [0.3, 0.4) is 0 Å². The predicted molar refractivity (Wildman–Crippen MR) is 83.2 cm³/mol. The fraction of sp³-hybridized carbons (Fsp3) is 0.100. The van der Waals surface area contributed by atoms with E-state index in [2.05, 4.69) is 19.9 Å². The van der Waals surface area contributed by atoms with Gasteiger partial charge in [-0.2, -0.15) is 9.97 Å². The van der Waals surface area contributed by atoms with E-state index >= 15 is 0 Å². The van der Waals surface area contributed by atoms with Crippen molar-refractivity contribution in [2.75, 3.05) is 18.6 Å². The largest absolute Gasteiger partial charge is 0.626 e. The molecule has 3 rings (SSSR count). The summed E-state index contributed by atoms with van der Waals surface area (Å²) >= 11 is 0. The lowest BCUT2D eigenvalue weighted by Gasteiger charge is -2.16. The van der Waals surface area contributed by atoms with E-state index < -0.39 is 19.1 Å². The van der Waals surface area contributed by atoms with Crippen LogP contribution in [0.1, 0.15) is 0 Å². The van der Waals surface area contributed by atoms with Crippen LogP contribution in [0.4, 0.5) is 11.8 Å². The molecule has 3 aromatic rings. The van der Waals surface area contributed by atoms with Gasteiger partial charge >= 0.3 is 13.5 Å². The van der Waals surface area contributed by atoms with Crippen LogP contribution in [0, 0.1) is 0 Å². The zero-order chi connectivity index (χ0) is 18.2. The first-order valence-corrected chi connectivity index (χ1v) is 7.91. The summed E-state index contributed by atoms with van der Waals surface area (Å²) in [4.78, 5) is 36.6. The number of aromatic nitrogens is 6. The van der Waals surface area contributed by atoms with E-state index in [0.29, 0.717) is 4.73 Å². The number of hydrogen-bond acceptors (Lipinski definition) is 11. The second-order valence-electron chi connectivity index (χ2n) is 4.45. The van der Waals surface area contributed by atoms with Crippen molar-refractivity contribution in [1.29, 1.82) is 0 Å². The molecule has 0 bridgehead atoms. The Morgan fingerprint density at radius 1 is 1.20 bits per heavy atom. The van der Waals surface area contributed by atoms with Crippen molar-refractivity contribution in [3.8, 4) is 0 Å². The van der Waals surface area contributed by atoms with Gasteiger partial charge in [0.15, 0.2) is 5.52 Å². The van der Waals surface area contributed by atoms with Crippen molar-refractivity contribution < 1.29 is 18.3 Å². The molecule has 1 unspecified atom stereocenters. The summed E-state index contributed by atoms with van der Waals surface area (Å²) in [6.45, 7) is 0. The predicted octanol–water partition coefficient (Wildman–Crippen LogP) is -1.85. The lowest BCUT2D eigenvalue weighted by molar-refractivity contribution is 0.109. The monoisotopic (exact) mass is 370 g/mol. The van der Waals surface area contributed by atoms with Crippen LogP contribution in [0.15, 0.2) is 28.2 Å². The Balaban J connectivity index is 1.98. The molecule has 0 aromatic carbocycles. The van der Waals surface area contributed by atoms with E-state index in [0.717, 1.165) is 24.4 Å². The van der Waals surface area contributed by atoms with Gasteiger partial charge in [0.2, 0.25) is 11.6 Å². The smallest absolute Gasteiger partial charge is 0.383 e. The highest BCUT2D eigenvalue weighted by Gasteiger charge is 2.32. The molecule has 5 N–H and O–H groups in total. The van der Waals surface area contributed by atoms with Gasteiger partial charge < -0.3 is 11.5 Å². The van der Waals surface area contributed by atoms with E-state index in [4.69, 9.17) is 25.2 Å². The van der Waals surface area contributed by atoms with Gasteiger partial charge in [-0.25, -0.2) is 14.3 Å². The molecule has 0 aliphatic carbocycles. The summed E-state index contributed by atoms with van der Waals surface area (Å²) in [5, 5.41) is 0. The number of hydrogen-bond donors (Lipinski definition) is 3. The average molecular weight is 370 g/mol. The molecule has 0 aliphatic heterocycles. The lowest BCUT2D eigenvalue weighted by atomic mass is 10.5. The third-order valence-electron chi connectivity index (χ3n) is 2.79. The normalized spacial score (nSPS) is 13.5. The molecule has 132 valence electrons. The van der Waals surface area contributed by atoms with Gasteiger partial charge in [-0.3, -0.25) is 23.6 Å². The van der Waals surface area contributed by atoms with E-state index in [1.807, 2.05) is 0 Å². The minimum absolute atomic E-state index is 0.0579. The molecule has 0 radical (unpaired) electrons. The van der Waals surface area contributed by atoms with E-state index in [9.17, 15) is 14.2 Å². The Bertz CT molecular complexity index is 1100. The van der Waals surface area contributed by atoms with Gasteiger partial charge in [0.05, 0.1) is 6.20 Å². The van der Waals surface area contributed by atoms with E-state index in [1.54, 1.807) is 0 Å². The Labute approximate surface area is 137 Å². The molecule has 3 heterocycles. The number of nitrogens with zero attached hydrogens (tertiary/aromatic N) is 5. The van der Waals surface area contributed by atoms with Crippen LogP contribution in [0.2, 0.25) is 0 Å². The molecule has 3 aromatic heterocycles. The number of rotatable bonds is 5. The first-order chi connectivity index (χ1) is 11.8. The van der Waals surface area contributed by atoms with Crippen molar-refractivity contribution >= 4 is 30.8 Å². The molecule has 0 saturated heterocycles. The molecular formula is C10H11N8O6P. The summed E-state index contributed by atoms with van der Waals surface area (Å²) in [5.41, 5.74) is 8.96. The van der Waals surface area contributed by atoms with Crippen molar-refractivity contribution in [3.63, 3.8) is 0 Å². The zero-order valence-corrected chi connectivity index (χ0v) is 13.4. The quantitative estimate of drug-likeness (QED) is 0.426. The highest BCUT2D eigenvalue weighted by Crippen LogP contribution is 2.41. The Morgan fingerprint density at radius 2 is 1.92 bits per heavy atom. The lowest BCUT2D eigenvalue weighted by Crippen LogP contribution is -2.30. The Morgan fingerprint density at radius 3 is 2.60 bits per heavy atom. The number of nitrogen functional groups attached to an aromatic ring is 2. The standard InChI is InChI=1S/C10H11N8O6P/c1-22-25(21,23-17-3-2-5(11)14-10(17)20)24-18-4-13-6-7(18)15-9(12)16-8(6)19/h2-4H,1H3,(H2,11,14,20)(H3,12,15,16,19). The van der Waals surface area contributed by atoms with Crippen LogP contribution in [0.25, 0.3) is 11.2 Å². The summed E-state index contributed by atoms with van der Waals surface area (Å²) in [6, 6.07) is 1.23. The van der Waals surface area contributed by atoms with Gasteiger partial charge in [0, 0.05) is 13.2 Å². The van der Waals surface area contributed by atoms with Crippen molar-refractivity contribution in [1.82, 2.24) is 29.4 Å². The number of anilines is 2. The van der Waals surface area contributed by atoms with Crippen LogP contribution in [-0.2, 0) is 9.09 Å². The van der Waals surface area contributed by atoms with Crippen molar-refractivity contribution in [2.45, 2.75) is 0 Å². The third-order valence-corrected chi connectivity index (χ3v) is 3.99. The van der Waals surface area contributed by atoms with Crippen LogP contribution >= 0.6 is 7.82 Å². The fourth-order valence-electron chi connectivity index (χ4n) is 1.73. The molecule has 14 nitrogen and oxygen atoms in total. The maximum absolute atomic E-state index is 12.6. The Hall–Kier alpha value is -3.38. The summed E-state index contributed by atoms with van der Waals surface area (Å²) in [7, 11) is -3.36. The van der Waals surface area contributed by atoms with Gasteiger partial charge in [-0.1, -0.05) is 0 Å². The molecule has 15 heteroatoms. The van der Waals surface area contributed by atoms with Gasteiger partial charge in [0.25, 0.3) is 5.56 Å². The molecular weight excluding hydrogens is 359 g/mol. The second kappa shape index (κ2) is 5.92. The number of nitrogens with one attached hydrogen (secondary N) is 1. The number of aromatic amines is 1. The SMILES string of the molecule is COP(=O)(On1ccc(N)nc1=O)On1cnc2c(=O)[nH]c(N)nc21. The van der Waals surface area contributed by atoms with Gasteiger partial charge in [0.1, 0.15) is 12.1 Å². The van der Waals surface area contributed by atoms with Crippen molar-refractivity contribution in [2.24, 2.45) is 0 Å². The molecule has 1 atom stereocenters. The highest BCUT2D eigenvalue weighted by molar-refractivity contribution is 7.48. The molecule has 0 aliphatic rings.